The van der Waals surface area contributed by atoms with Gasteiger partial charge in [0.25, 0.3) is 5.78 Å². The van der Waals surface area contributed by atoms with E-state index in [0.717, 1.165) is 0 Å². The van der Waals surface area contributed by atoms with E-state index in [-0.39, 0.29) is 5.15 Å². The van der Waals surface area contributed by atoms with Crippen LogP contribution in [0.15, 0.2) is 30.6 Å². The van der Waals surface area contributed by atoms with Crippen molar-refractivity contribution in [1.82, 2.24) is 19.6 Å². The Labute approximate surface area is 122 Å². The van der Waals surface area contributed by atoms with Gasteiger partial charge in [0, 0.05) is 16.1 Å². The Bertz CT molecular complexity index is 739. The second kappa shape index (κ2) is 4.85. The summed E-state index contributed by atoms with van der Waals surface area (Å²) in [6.07, 6.45) is 1.36. The highest BCUT2D eigenvalue weighted by Gasteiger charge is 2.09. The van der Waals surface area contributed by atoms with Crippen molar-refractivity contribution in [1.29, 1.82) is 0 Å². The lowest BCUT2D eigenvalue weighted by molar-refractivity contribution is 0.446. The summed E-state index contributed by atoms with van der Waals surface area (Å²) in [6.45, 7) is 0. The summed E-state index contributed by atoms with van der Waals surface area (Å²) >= 11 is 17.7. The van der Waals surface area contributed by atoms with Gasteiger partial charge in [-0.2, -0.15) is 19.6 Å². The van der Waals surface area contributed by atoms with Crippen LogP contribution < -0.4 is 4.74 Å². The molecule has 19 heavy (non-hydrogen) atoms. The Balaban J connectivity index is 2.07. The Morgan fingerprint density at radius 1 is 1.00 bits per heavy atom. The van der Waals surface area contributed by atoms with Crippen molar-refractivity contribution in [2.45, 2.75) is 0 Å². The lowest BCUT2D eigenvalue weighted by Gasteiger charge is -2.07. The SMILES string of the molecule is Clc1cc(Cl)cc(Oc2cc(Cl)nc3ncnn23)c1. The van der Waals surface area contributed by atoms with Crippen molar-refractivity contribution in [2.24, 2.45) is 0 Å². The molecule has 3 aromatic rings. The summed E-state index contributed by atoms with van der Waals surface area (Å²) in [5.74, 6) is 1.18. The minimum Gasteiger partial charge on any atom is -0.439 e. The minimum atomic E-state index is 0.253. The molecule has 0 N–H and O–H groups in total. The number of rotatable bonds is 2. The molecule has 96 valence electrons. The van der Waals surface area contributed by atoms with Crippen molar-refractivity contribution >= 4 is 40.6 Å². The fourth-order valence-corrected chi connectivity index (χ4v) is 2.21. The second-order valence-electron chi connectivity index (χ2n) is 3.60. The Kier molecular flexibility index (Phi) is 3.18. The number of aromatic nitrogens is 4. The molecule has 0 saturated heterocycles. The van der Waals surface area contributed by atoms with Gasteiger partial charge in [-0.3, -0.25) is 0 Å². The molecule has 0 saturated carbocycles. The van der Waals surface area contributed by atoms with Gasteiger partial charge in [-0.05, 0) is 18.2 Å². The van der Waals surface area contributed by atoms with Crippen molar-refractivity contribution in [3.8, 4) is 11.6 Å². The van der Waals surface area contributed by atoms with Crippen LogP contribution in [-0.2, 0) is 0 Å². The molecule has 0 atom stereocenters. The lowest BCUT2D eigenvalue weighted by atomic mass is 10.3. The molecule has 2 heterocycles. The van der Waals surface area contributed by atoms with Crippen LogP contribution in [0.25, 0.3) is 5.78 Å². The van der Waals surface area contributed by atoms with Gasteiger partial charge in [0.1, 0.15) is 17.2 Å². The summed E-state index contributed by atoms with van der Waals surface area (Å²) in [5, 5.41) is 5.19. The maximum Gasteiger partial charge on any atom is 0.256 e. The maximum absolute atomic E-state index is 5.91. The molecule has 0 spiro atoms. The van der Waals surface area contributed by atoms with E-state index in [9.17, 15) is 0 Å². The first kappa shape index (κ1) is 12.5. The molecule has 0 fully saturated rings. The fraction of sp³-hybridized carbons (Fsp3) is 0. The van der Waals surface area contributed by atoms with Crippen LogP contribution in [0.2, 0.25) is 15.2 Å². The second-order valence-corrected chi connectivity index (χ2v) is 4.86. The highest BCUT2D eigenvalue weighted by Crippen LogP contribution is 2.29. The van der Waals surface area contributed by atoms with E-state index >= 15 is 0 Å². The van der Waals surface area contributed by atoms with Gasteiger partial charge < -0.3 is 4.74 Å². The van der Waals surface area contributed by atoms with E-state index in [2.05, 4.69) is 15.1 Å². The molecule has 2 aromatic heterocycles. The molecule has 0 bridgehead atoms. The molecular weight excluding hydrogens is 311 g/mol. The topological polar surface area (TPSA) is 52.3 Å². The van der Waals surface area contributed by atoms with Crippen LogP contribution in [0, 0.1) is 0 Å². The first-order chi connectivity index (χ1) is 9.11. The standard InChI is InChI=1S/C11H5Cl3N4O/c12-6-1-7(13)3-8(2-6)19-10-4-9(14)17-11-15-5-16-18(10)11/h1-5H. The van der Waals surface area contributed by atoms with Gasteiger partial charge in [0.15, 0.2) is 0 Å². The summed E-state index contributed by atoms with van der Waals surface area (Å²) < 4.78 is 7.08. The third-order valence-electron chi connectivity index (χ3n) is 2.25. The minimum absolute atomic E-state index is 0.253. The van der Waals surface area contributed by atoms with Gasteiger partial charge in [0.2, 0.25) is 5.88 Å². The summed E-state index contributed by atoms with van der Waals surface area (Å²) in [5.41, 5.74) is 0. The van der Waals surface area contributed by atoms with E-state index in [0.29, 0.717) is 27.5 Å². The molecule has 0 aliphatic rings. The van der Waals surface area contributed by atoms with E-state index in [1.54, 1.807) is 18.2 Å². The van der Waals surface area contributed by atoms with E-state index in [1.807, 2.05) is 0 Å². The number of ether oxygens (including phenoxy) is 1. The molecule has 8 heteroatoms. The molecule has 3 rings (SSSR count). The quantitative estimate of drug-likeness (QED) is 0.673. The zero-order chi connectivity index (χ0) is 13.4. The Morgan fingerprint density at radius 2 is 1.74 bits per heavy atom. The Hall–Kier alpha value is -1.56. The van der Waals surface area contributed by atoms with Gasteiger partial charge in [-0.1, -0.05) is 34.8 Å². The van der Waals surface area contributed by atoms with Gasteiger partial charge in [-0.15, -0.1) is 0 Å². The molecule has 0 aliphatic carbocycles. The molecular formula is C11H5Cl3N4O. The van der Waals surface area contributed by atoms with Crippen molar-refractivity contribution in [3.63, 3.8) is 0 Å². The highest BCUT2D eigenvalue weighted by molar-refractivity contribution is 6.34. The molecule has 0 radical (unpaired) electrons. The van der Waals surface area contributed by atoms with Crippen molar-refractivity contribution < 1.29 is 4.74 Å². The molecule has 0 unspecified atom stereocenters. The Morgan fingerprint density at radius 3 is 2.47 bits per heavy atom. The fourth-order valence-electron chi connectivity index (χ4n) is 1.54. The normalized spacial score (nSPS) is 10.9. The zero-order valence-corrected chi connectivity index (χ0v) is 11.5. The van der Waals surface area contributed by atoms with Crippen LogP contribution in [0.4, 0.5) is 0 Å². The summed E-state index contributed by atoms with van der Waals surface area (Å²) in [6, 6.07) is 6.40. The summed E-state index contributed by atoms with van der Waals surface area (Å²) in [7, 11) is 0. The first-order valence-electron chi connectivity index (χ1n) is 5.12. The zero-order valence-electron chi connectivity index (χ0n) is 9.22. The van der Waals surface area contributed by atoms with Crippen molar-refractivity contribution in [2.75, 3.05) is 0 Å². The lowest BCUT2D eigenvalue weighted by Crippen LogP contribution is -1.97. The molecule has 0 amide bonds. The maximum atomic E-state index is 5.91. The van der Waals surface area contributed by atoms with E-state index in [1.165, 1.54) is 16.9 Å². The monoisotopic (exact) mass is 314 g/mol. The average Bonchev–Trinajstić information content (AvgIpc) is 2.75. The number of halogens is 3. The number of benzene rings is 1. The third-order valence-corrected chi connectivity index (χ3v) is 2.88. The van der Waals surface area contributed by atoms with E-state index in [4.69, 9.17) is 39.5 Å². The van der Waals surface area contributed by atoms with Gasteiger partial charge in [0.05, 0.1) is 0 Å². The molecule has 5 nitrogen and oxygen atoms in total. The predicted molar refractivity (Wildman–Crippen MR) is 72.3 cm³/mol. The van der Waals surface area contributed by atoms with Crippen LogP contribution in [0.3, 0.4) is 0 Å². The third kappa shape index (κ3) is 2.58. The van der Waals surface area contributed by atoms with Crippen LogP contribution in [0.1, 0.15) is 0 Å². The van der Waals surface area contributed by atoms with Crippen LogP contribution in [-0.4, -0.2) is 19.6 Å². The predicted octanol–water partition coefficient (Wildman–Crippen LogP) is 3.88. The summed E-state index contributed by atoms with van der Waals surface area (Å²) in [4.78, 5) is 7.94. The number of nitrogens with zero attached hydrogens (tertiary/aromatic N) is 4. The van der Waals surface area contributed by atoms with Crippen LogP contribution in [0.5, 0.6) is 11.6 Å². The number of hydrogen-bond donors (Lipinski definition) is 0. The largest absolute Gasteiger partial charge is 0.439 e. The number of fused-ring (bicyclic) bond motifs is 1. The van der Waals surface area contributed by atoms with Gasteiger partial charge >= 0.3 is 0 Å². The van der Waals surface area contributed by atoms with E-state index < -0.39 is 0 Å². The smallest absolute Gasteiger partial charge is 0.256 e. The highest BCUT2D eigenvalue weighted by atomic mass is 35.5. The van der Waals surface area contributed by atoms with Gasteiger partial charge in [-0.25, -0.2) is 0 Å². The number of hydrogen-bond acceptors (Lipinski definition) is 4. The molecule has 1 aromatic carbocycles. The van der Waals surface area contributed by atoms with Crippen LogP contribution >= 0.6 is 34.8 Å². The van der Waals surface area contributed by atoms with Crippen molar-refractivity contribution in [3.05, 3.63) is 45.8 Å². The average molecular weight is 316 g/mol. The molecule has 0 aliphatic heterocycles. The first-order valence-corrected chi connectivity index (χ1v) is 6.25.